The molecule has 1 fully saturated rings. The summed E-state index contributed by atoms with van der Waals surface area (Å²) in [7, 11) is 0. The molecule has 1 aromatic rings. The Labute approximate surface area is 114 Å². The summed E-state index contributed by atoms with van der Waals surface area (Å²) in [5.74, 6) is 1.53. The molecule has 3 heteroatoms. The monoisotopic (exact) mass is 266 g/mol. The van der Waals surface area contributed by atoms with Crippen LogP contribution in [0.2, 0.25) is 0 Å². The largest absolute Gasteiger partial charge is 0.396 e. The van der Waals surface area contributed by atoms with Crippen molar-refractivity contribution in [1.82, 2.24) is 0 Å². The second-order valence-corrected chi connectivity index (χ2v) is 6.03. The van der Waals surface area contributed by atoms with Crippen LogP contribution in [0.15, 0.2) is 35.2 Å². The van der Waals surface area contributed by atoms with Crippen molar-refractivity contribution in [3.63, 3.8) is 0 Å². The van der Waals surface area contributed by atoms with Gasteiger partial charge >= 0.3 is 0 Å². The van der Waals surface area contributed by atoms with Gasteiger partial charge in [0, 0.05) is 17.3 Å². The Bertz CT molecular complexity index is 321. The van der Waals surface area contributed by atoms with Gasteiger partial charge in [0.15, 0.2) is 0 Å². The van der Waals surface area contributed by atoms with Crippen molar-refractivity contribution in [2.75, 3.05) is 19.0 Å². The van der Waals surface area contributed by atoms with Crippen LogP contribution in [0.5, 0.6) is 0 Å². The number of thioether (sulfide) groups is 1. The molecule has 1 N–H and O–H groups in total. The second-order valence-electron chi connectivity index (χ2n) is 4.86. The highest BCUT2D eigenvalue weighted by Crippen LogP contribution is 2.26. The van der Waals surface area contributed by atoms with E-state index in [2.05, 4.69) is 24.3 Å². The highest BCUT2D eigenvalue weighted by atomic mass is 32.2. The average molecular weight is 266 g/mol. The first-order valence-corrected chi connectivity index (χ1v) is 7.77. The lowest BCUT2D eigenvalue weighted by Crippen LogP contribution is -2.24. The van der Waals surface area contributed by atoms with E-state index in [1.807, 2.05) is 17.8 Å². The normalized spacial score (nSPS) is 24.1. The van der Waals surface area contributed by atoms with E-state index in [1.54, 1.807) is 0 Å². The van der Waals surface area contributed by atoms with Gasteiger partial charge < -0.3 is 9.84 Å². The van der Waals surface area contributed by atoms with E-state index in [0.717, 1.165) is 38.0 Å². The minimum absolute atomic E-state index is 0.344. The minimum atomic E-state index is 0.344. The first-order valence-electron chi connectivity index (χ1n) is 6.79. The van der Waals surface area contributed by atoms with E-state index in [0.29, 0.717) is 18.6 Å². The fraction of sp³-hybridized carbons (Fsp3) is 0.600. The lowest BCUT2D eigenvalue weighted by Gasteiger charge is -2.27. The zero-order valence-corrected chi connectivity index (χ0v) is 11.6. The molecular formula is C15H22O2S. The topological polar surface area (TPSA) is 29.5 Å². The van der Waals surface area contributed by atoms with Crippen molar-refractivity contribution in [3.05, 3.63) is 30.3 Å². The van der Waals surface area contributed by atoms with E-state index in [9.17, 15) is 0 Å². The smallest absolute Gasteiger partial charge is 0.0575 e. The van der Waals surface area contributed by atoms with Gasteiger partial charge in [-0.1, -0.05) is 18.2 Å². The van der Waals surface area contributed by atoms with Crippen LogP contribution in [0.25, 0.3) is 0 Å². The Hall–Kier alpha value is -0.510. The van der Waals surface area contributed by atoms with E-state index in [1.165, 1.54) is 4.90 Å². The Morgan fingerprint density at radius 3 is 2.50 bits per heavy atom. The maximum atomic E-state index is 9.07. The van der Waals surface area contributed by atoms with Crippen LogP contribution in [0.3, 0.4) is 0 Å². The van der Waals surface area contributed by atoms with E-state index >= 15 is 0 Å². The van der Waals surface area contributed by atoms with Crippen molar-refractivity contribution < 1.29 is 9.84 Å². The van der Waals surface area contributed by atoms with Crippen LogP contribution in [0.4, 0.5) is 0 Å². The molecule has 0 spiro atoms. The summed E-state index contributed by atoms with van der Waals surface area (Å²) in [5.41, 5.74) is 0. The lowest BCUT2D eigenvalue weighted by molar-refractivity contribution is 0.0197. The molecule has 2 nitrogen and oxygen atoms in total. The van der Waals surface area contributed by atoms with Crippen LogP contribution in [0.1, 0.15) is 25.7 Å². The molecule has 18 heavy (non-hydrogen) atoms. The number of aliphatic hydroxyl groups excluding tert-OH is 1. The summed E-state index contributed by atoms with van der Waals surface area (Å²) >= 11 is 1.85. The molecule has 0 aliphatic heterocycles. The third kappa shape index (κ3) is 4.63. The number of hydrogen-bond donors (Lipinski definition) is 1. The van der Waals surface area contributed by atoms with Crippen LogP contribution in [-0.4, -0.2) is 30.2 Å². The maximum Gasteiger partial charge on any atom is 0.0575 e. The number of benzene rings is 1. The quantitative estimate of drug-likeness (QED) is 0.632. The van der Waals surface area contributed by atoms with Gasteiger partial charge in [0.2, 0.25) is 0 Å². The number of ether oxygens (including phenoxy) is 1. The molecule has 100 valence electrons. The van der Waals surface area contributed by atoms with Crippen molar-refractivity contribution in [2.24, 2.45) is 5.92 Å². The summed E-state index contributed by atoms with van der Waals surface area (Å²) < 4.78 is 5.90. The molecule has 0 amide bonds. The summed E-state index contributed by atoms with van der Waals surface area (Å²) in [6.45, 7) is 1.17. The van der Waals surface area contributed by atoms with Crippen LogP contribution >= 0.6 is 11.8 Å². The van der Waals surface area contributed by atoms with E-state index in [-0.39, 0.29) is 0 Å². The molecule has 0 unspecified atom stereocenters. The number of aliphatic hydroxyl groups is 1. The Kier molecular flexibility index (Phi) is 6.05. The molecule has 1 aliphatic carbocycles. The van der Waals surface area contributed by atoms with Gasteiger partial charge in [0.05, 0.1) is 12.7 Å². The van der Waals surface area contributed by atoms with Gasteiger partial charge in [-0.2, -0.15) is 0 Å². The highest BCUT2D eigenvalue weighted by molar-refractivity contribution is 7.99. The van der Waals surface area contributed by atoms with Gasteiger partial charge in [-0.05, 0) is 43.7 Å². The first-order chi connectivity index (χ1) is 8.88. The Morgan fingerprint density at radius 1 is 1.11 bits per heavy atom. The predicted molar refractivity (Wildman–Crippen MR) is 75.9 cm³/mol. The van der Waals surface area contributed by atoms with E-state index < -0.39 is 0 Å². The zero-order chi connectivity index (χ0) is 12.6. The molecule has 1 saturated carbocycles. The molecule has 2 rings (SSSR count). The van der Waals surface area contributed by atoms with Crippen molar-refractivity contribution in [1.29, 1.82) is 0 Å². The minimum Gasteiger partial charge on any atom is -0.396 e. The molecule has 0 saturated heterocycles. The summed E-state index contributed by atoms with van der Waals surface area (Å²) in [6, 6.07) is 10.5. The fourth-order valence-electron chi connectivity index (χ4n) is 2.37. The number of rotatable bonds is 6. The highest BCUT2D eigenvalue weighted by Gasteiger charge is 2.20. The summed E-state index contributed by atoms with van der Waals surface area (Å²) in [4.78, 5) is 1.31. The van der Waals surface area contributed by atoms with Crippen LogP contribution in [-0.2, 0) is 4.74 Å². The molecule has 0 aromatic heterocycles. The van der Waals surface area contributed by atoms with Crippen molar-refractivity contribution >= 4 is 11.8 Å². The molecule has 0 heterocycles. The SMILES string of the molecule is OCC1CCC(OCCSc2ccccc2)CC1. The molecule has 0 bridgehead atoms. The van der Waals surface area contributed by atoms with Gasteiger partial charge in [-0.3, -0.25) is 0 Å². The third-order valence-corrected chi connectivity index (χ3v) is 4.48. The third-order valence-electron chi connectivity index (χ3n) is 3.50. The maximum absolute atomic E-state index is 9.07. The zero-order valence-electron chi connectivity index (χ0n) is 10.8. The fourth-order valence-corrected chi connectivity index (χ4v) is 3.14. The average Bonchev–Trinajstić information content (AvgIpc) is 2.45. The predicted octanol–water partition coefficient (Wildman–Crippen LogP) is 3.35. The van der Waals surface area contributed by atoms with Gasteiger partial charge in [0.1, 0.15) is 0 Å². The summed E-state index contributed by atoms with van der Waals surface area (Å²) in [5, 5.41) is 9.07. The van der Waals surface area contributed by atoms with Crippen molar-refractivity contribution in [3.8, 4) is 0 Å². The van der Waals surface area contributed by atoms with Crippen LogP contribution in [0, 0.1) is 5.92 Å². The van der Waals surface area contributed by atoms with Crippen LogP contribution < -0.4 is 0 Å². The standard InChI is InChI=1S/C15H22O2S/c16-12-13-6-8-14(9-7-13)17-10-11-18-15-4-2-1-3-5-15/h1-5,13-14,16H,6-12H2. The molecular weight excluding hydrogens is 244 g/mol. The molecule has 0 atom stereocenters. The van der Waals surface area contributed by atoms with Crippen molar-refractivity contribution in [2.45, 2.75) is 36.7 Å². The first kappa shape index (κ1) is 13.9. The Balaban J connectivity index is 1.56. The second kappa shape index (κ2) is 7.82. The summed E-state index contributed by atoms with van der Waals surface area (Å²) in [6.07, 6.45) is 4.88. The molecule has 1 aliphatic rings. The Morgan fingerprint density at radius 2 is 1.83 bits per heavy atom. The molecule has 1 aromatic carbocycles. The number of hydrogen-bond acceptors (Lipinski definition) is 3. The lowest BCUT2D eigenvalue weighted by atomic mass is 9.88. The van der Waals surface area contributed by atoms with Gasteiger partial charge in [0.25, 0.3) is 0 Å². The van der Waals surface area contributed by atoms with Gasteiger partial charge in [-0.25, -0.2) is 0 Å². The van der Waals surface area contributed by atoms with Gasteiger partial charge in [-0.15, -0.1) is 11.8 Å². The van der Waals surface area contributed by atoms with E-state index in [4.69, 9.17) is 9.84 Å². The molecule has 0 radical (unpaired) electrons.